The van der Waals surface area contributed by atoms with Crippen molar-refractivity contribution in [2.45, 2.75) is 13.8 Å². The topological polar surface area (TPSA) is 154 Å². The SMILES string of the molecule is Cc1[nH]n(OCN)c(=O)c1C=C=CC=Cc1c(C)[nH]n(C(N)=O)c1=O. The number of hydrogen-bond donors (Lipinski definition) is 4. The maximum atomic E-state index is 12.0. The minimum absolute atomic E-state index is 0.138. The molecule has 0 radical (unpaired) electrons. The summed E-state index contributed by atoms with van der Waals surface area (Å²) >= 11 is 0. The predicted octanol–water partition coefficient (Wildman–Crippen LogP) is -0.564. The standard InChI is InChI=1S/C15H18N6O4/c1-9-11(13(22)20(18-9)15(17)24)6-4-3-5-7-12-10(2)19-21(14(12)23)25-8-16/h3-4,6-7,18-19H,8,16H2,1-2H3,(H2,17,24). The molecule has 0 saturated carbocycles. The molecule has 0 aromatic carbocycles. The summed E-state index contributed by atoms with van der Waals surface area (Å²) in [4.78, 5) is 40.8. The van der Waals surface area contributed by atoms with Crippen molar-refractivity contribution < 1.29 is 9.63 Å². The van der Waals surface area contributed by atoms with E-state index in [2.05, 4.69) is 15.9 Å². The summed E-state index contributed by atoms with van der Waals surface area (Å²) < 4.78 is 0.720. The number of carbonyl (C=O) groups excluding carboxylic acids is 1. The summed E-state index contributed by atoms with van der Waals surface area (Å²) in [5, 5.41) is 5.29. The van der Waals surface area contributed by atoms with Crippen molar-refractivity contribution in [1.82, 2.24) is 19.7 Å². The summed E-state index contributed by atoms with van der Waals surface area (Å²) in [7, 11) is 0. The molecule has 0 atom stereocenters. The highest BCUT2D eigenvalue weighted by Crippen LogP contribution is 2.03. The fourth-order valence-corrected chi connectivity index (χ4v) is 2.11. The molecular formula is C15H18N6O4. The summed E-state index contributed by atoms with van der Waals surface area (Å²) in [6.45, 7) is 3.21. The van der Waals surface area contributed by atoms with Crippen LogP contribution in [0, 0.1) is 13.8 Å². The number of aromatic nitrogens is 4. The minimum Gasteiger partial charge on any atom is -0.379 e. The lowest BCUT2D eigenvalue weighted by Gasteiger charge is -1.98. The quantitative estimate of drug-likeness (QED) is 0.324. The molecule has 0 spiro atoms. The summed E-state index contributed by atoms with van der Waals surface area (Å²) in [6.07, 6.45) is 6.05. The molecule has 0 unspecified atom stereocenters. The van der Waals surface area contributed by atoms with Crippen LogP contribution in [0.3, 0.4) is 0 Å². The van der Waals surface area contributed by atoms with E-state index < -0.39 is 17.1 Å². The Balaban J connectivity index is 2.23. The molecule has 10 heteroatoms. The highest BCUT2D eigenvalue weighted by Gasteiger charge is 2.11. The number of nitrogens with one attached hydrogen (secondary N) is 2. The molecule has 2 aromatic heterocycles. The van der Waals surface area contributed by atoms with Gasteiger partial charge in [-0.1, -0.05) is 10.9 Å². The van der Waals surface area contributed by atoms with Gasteiger partial charge in [0.2, 0.25) is 0 Å². The van der Waals surface area contributed by atoms with Crippen molar-refractivity contribution in [2.24, 2.45) is 11.5 Å². The molecule has 6 N–H and O–H groups in total. The number of amides is 1. The van der Waals surface area contributed by atoms with Crippen LogP contribution in [0.15, 0.2) is 27.5 Å². The van der Waals surface area contributed by atoms with Gasteiger partial charge < -0.3 is 10.6 Å². The molecular weight excluding hydrogens is 328 g/mol. The molecule has 0 aliphatic heterocycles. The van der Waals surface area contributed by atoms with E-state index in [4.69, 9.17) is 16.3 Å². The number of rotatable bonds is 5. The number of nitrogens with zero attached hydrogens (tertiary/aromatic N) is 2. The molecule has 2 rings (SSSR count). The van der Waals surface area contributed by atoms with E-state index in [1.54, 1.807) is 19.9 Å². The molecule has 132 valence electrons. The van der Waals surface area contributed by atoms with Gasteiger partial charge in [0.1, 0.15) is 0 Å². The van der Waals surface area contributed by atoms with Crippen molar-refractivity contribution in [3.63, 3.8) is 0 Å². The third-order valence-electron chi connectivity index (χ3n) is 3.31. The molecule has 0 fully saturated rings. The maximum Gasteiger partial charge on any atom is 0.341 e. The van der Waals surface area contributed by atoms with E-state index in [0.717, 1.165) is 9.53 Å². The van der Waals surface area contributed by atoms with Gasteiger partial charge in [0.15, 0.2) is 6.73 Å². The van der Waals surface area contributed by atoms with E-state index >= 15 is 0 Å². The Bertz CT molecular complexity index is 994. The smallest absolute Gasteiger partial charge is 0.341 e. The second-order valence-electron chi connectivity index (χ2n) is 5.01. The lowest BCUT2D eigenvalue weighted by Crippen LogP contribution is -2.30. The second kappa shape index (κ2) is 7.39. The van der Waals surface area contributed by atoms with Gasteiger partial charge in [-0.2, -0.15) is 4.68 Å². The van der Waals surface area contributed by atoms with Gasteiger partial charge in [0.05, 0.1) is 11.1 Å². The average Bonchev–Trinajstić information content (AvgIpc) is 2.98. The average molecular weight is 346 g/mol. The highest BCUT2D eigenvalue weighted by molar-refractivity contribution is 5.74. The molecule has 0 aliphatic rings. The molecule has 25 heavy (non-hydrogen) atoms. The van der Waals surface area contributed by atoms with E-state index in [1.807, 2.05) is 0 Å². The fourth-order valence-electron chi connectivity index (χ4n) is 2.11. The van der Waals surface area contributed by atoms with Crippen LogP contribution >= 0.6 is 0 Å². The van der Waals surface area contributed by atoms with Gasteiger partial charge in [-0.05, 0) is 32.1 Å². The predicted molar refractivity (Wildman–Crippen MR) is 91.8 cm³/mol. The first-order chi connectivity index (χ1) is 11.9. The van der Waals surface area contributed by atoms with Crippen LogP contribution in [0.5, 0.6) is 0 Å². The normalized spacial score (nSPS) is 10.7. The van der Waals surface area contributed by atoms with Gasteiger partial charge in [-0.3, -0.25) is 25.5 Å². The molecule has 10 nitrogen and oxygen atoms in total. The largest absolute Gasteiger partial charge is 0.379 e. The first-order valence-corrected chi connectivity index (χ1v) is 7.22. The fraction of sp³-hybridized carbons (Fsp3) is 0.200. The number of allylic oxidation sites excluding steroid dienone is 2. The van der Waals surface area contributed by atoms with Crippen LogP contribution in [-0.4, -0.2) is 32.5 Å². The first-order valence-electron chi connectivity index (χ1n) is 7.22. The van der Waals surface area contributed by atoms with Gasteiger partial charge in [-0.25, -0.2) is 4.79 Å². The Morgan fingerprint density at radius 3 is 2.48 bits per heavy atom. The summed E-state index contributed by atoms with van der Waals surface area (Å²) in [6, 6.07) is -0.887. The Hall–Kier alpha value is -3.49. The number of carbonyl (C=O) groups is 1. The Morgan fingerprint density at radius 2 is 1.88 bits per heavy atom. The van der Waals surface area contributed by atoms with Crippen LogP contribution in [0.25, 0.3) is 12.2 Å². The van der Waals surface area contributed by atoms with Gasteiger partial charge in [0, 0.05) is 11.4 Å². The Morgan fingerprint density at radius 1 is 1.20 bits per heavy atom. The first kappa shape index (κ1) is 17.9. The lowest BCUT2D eigenvalue weighted by molar-refractivity contribution is 0.0800. The maximum absolute atomic E-state index is 12.0. The number of hydrogen-bond acceptors (Lipinski definition) is 5. The molecule has 2 heterocycles. The third kappa shape index (κ3) is 3.71. The van der Waals surface area contributed by atoms with Crippen LogP contribution < -0.4 is 27.4 Å². The van der Waals surface area contributed by atoms with Crippen LogP contribution in [0.2, 0.25) is 0 Å². The van der Waals surface area contributed by atoms with E-state index in [-0.39, 0.29) is 6.73 Å². The lowest BCUT2D eigenvalue weighted by atomic mass is 10.2. The van der Waals surface area contributed by atoms with Crippen molar-refractivity contribution in [2.75, 3.05) is 6.73 Å². The second-order valence-corrected chi connectivity index (χ2v) is 5.01. The van der Waals surface area contributed by atoms with Gasteiger partial charge in [-0.15, -0.1) is 5.73 Å². The zero-order valence-corrected chi connectivity index (χ0v) is 13.7. The summed E-state index contributed by atoms with van der Waals surface area (Å²) in [5.41, 5.74) is 13.9. The van der Waals surface area contributed by atoms with Crippen LogP contribution in [0.4, 0.5) is 4.79 Å². The molecule has 1 amide bonds. The van der Waals surface area contributed by atoms with Crippen molar-refractivity contribution >= 4 is 18.2 Å². The number of aromatic amines is 2. The van der Waals surface area contributed by atoms with Crippen molar-refractivity contribution in [3.05, 3.63) is 61.1 Å². The Labute approximate surface area is 141 Å². The molecule has 0 saturated heterocycles. The van der Waals surface area contributed by atoms with Crippen LogP contribution in [-0.2, 0) is 0 Å². The number of H-pyrrole nitrogens is 2. The summed E-state index contributed by atoms with van der Waals surface area (Å²) in [5.74, 6) is 0. The monoisotopic (exact) mass is 346 g/mol. The molecule has 0 aliphatic carbocycles. The van der Waals surface area contributed by atoms with Crippen LogP contribution in [0.1, 0.15) is 22.5 Å². The Kier molecular flexibility index (Phi) is 5.28. The van der Waals surface area contributed by atoms with E-state index in [9.17, 15) is 14.4 Å². The zero-order chi connectivity index (χ0) is 18.6. The van der Waals surface area contributed by atoms with Crippen molar-refractivity contribution in [1.29, 1.82) is 0 Å². The minimum atomic E-state index is -0.887. The number of nitrogens with two attached hydrogens (primary N) is 2. The van der Waals surface area contributed by atoms with Gasteiger partial charge in [0.25, 0.3) is 5.56 Å². The highest BCUT2D eigenvalue weighted by atomic mass is 16.7. The number of aryl methyl sites for hydroxylation is 2. The molecule has 2 aromatic rings. The molecule has 0 bridgehead atoms. The van der Waals surface area contributed by atoms with E-state index in [0.29, 0.717) is 22.5 Å². The van der Waals surface area contributed by atoms with Gasteiger partial charge >= 0.3 is 11.6 Å². The number of primary amides is 1. The van der Waals surface area contributed by atoms with E-state index in [1.165, 1.54) is 18.2 Å². The van der Waals surface area contributed by atoms with Crippen molar-refractivity contribution in [3.8, 4) is 0 Å². The third-order valence-corrected chi connectivity index (χ3v) is 3.31. The zero-order valence-electron chi connectivity index (χ0n) is 13.7.